The highest BCUT2D eigenvalue weighted by atomic mass is 16.5. The molecule has 19 heavy (non-hydrogen) atoms. The van der Waals surface area contributed by atoms with Gasteiger partial charge in [0, 0.05) is 37.6 Å². The van der Waals surface area contributed by atoms with Crippen LogP contribution in [0.5, 0.6) is 0 Å². The minimum Gasteiger partial charge on any atom is -0.477 e. The first-order valence-corrected chi connectivity index (χ1v) is 6.26. The van der Waals surface area contributed by atoms with Gasteiger partial charge in [-0.05, 0) is 25.5 Å². The third kappa shape index (κ3) is 3.02. The Bertz CT molecular complexity index is 478. The first-order valence-electron chi connectivity index (χ1n) is 6.26. The maximum absolute atomic E-state index is 11.0. The number of hydrogen-bond donors (Lipinski definition) is 2. The molecule has 6 heteroatoms. The van der Waals surface area contributed by atoms with E-state index in [1.54, 1.807) is 20.1 Å². The summed E-state index contributed by atoms with van der Waals surface area (Å²) in [4.78, 5) is 17.1. The van der Waals surface area contributed by atoms with Gasteiger partial charge in [-0.15, -0.1) is 0 Å². The van der Waals surface area contributed by atoms with Crippen molar-refractivity contribution >= 4 is 11.7 Å². The number of piperidine rings is 1. The highest BCUT2D eigenvalue weighted by Gasteiger charge is 2.27. The molecule has 1 saturated heterocycles. The number of aryl methyl sites for hydroxylation is 1. The van der Waals surface area contributed by atoms with Gasteiger partial charge in [0.05, 0.1) is 6.10 Å². The fourth-order valence-electron chi connectivity index (χ4n) is 2.36. The number of nitrogens with two attached hydrogens (primary N) is 1. The SMILES string of the molecule is COC1CN(c2cc(C)nc(C(=O)O)c2)CCC1N. The predicted molar refractivity (Wildman–Crippen MR) is 71.5 cm³/mol. The number of methoxy groups -OCH3 is 1. The Morgan fingerprint density at radius 2 is 2.32 bits per heavy atom. The van der Waals surface area contributed by atoms with Crippen LogP contribution in [0, 0.1) is 6.92 Å². The number of nitrogens with zero attached hydrogens (tertiary/aromatic N) is 2. The monoisotopic (exact) mass is 265 g/mol. The largest absolute Gasteiger partial charge is 0.477 e. The van der Waals surface area contributed by atoms with Crippen molar-refractivity contribution in [3.8, 4) is 0 Å². The highest BCUT2D eigenvalue weighted by Crippen LogP contribution is 2.22. The Labute approximate surface area is 112 Å². The van der Waals surface area contributed by atoms with Crippen LogP contribution in [0.15, 0.2) is 12.1 Å². The molecule has 0 aliphatic carbocycles. The molecule has 0 spiro atoms. The first kappa shape index (κ1) is 13.8. The zero-order chi connectivity index (χ0) is 14.0. The number of aromatic carboxylic acids is 1. The maximum atomic E-state index is 11.0. The number of carbonyl (C=O) groups is 1. The van der Waals surface area contributed by atoms with Gasteiger partial charge in [0.25, 0.3) is 0 Å². The number of anilines is 1. The Hall–Kier alpha value is -1.66. The van der Waals surface area contributed by atoms with Gasteiger partial charge in [-0.1, -0.05) is 0 Å². The van der Waals surface area contributed by atoms with Crippen molar-refractivity contribution in [2.45, 2.75) is 25.5 Å². The molecule has 2 heterocycles. The topological polar surface area (TPSA) is 88.7 Å². The van der Waals surface area contributed by atoms with Gasteiger partial charge in [0.15, 0.2) is 5.69 Å². The molecule has 2 atom stereocenters. The van der Waals surface area contributed by atoms with Crippen molar-refractivity contribution in [3.63, 3.8) is 0 Å². The standard InChI is InChI=1S/C13H19N3O3/c1-8-5-9(6-11(15-8)13(17)18)16-4-3-10(14)12(7-16)19-2/h5-6,10,12H,3-4,7,14H2,1-2H3,(H,17,18). The molecule has 1 aliphatic rings. The highest BCUT2D eigenvalue weighted by molar-refractivity contribution is 5.86. The van der Waals surface area contributed by atoms with Crippen LogP contribution < -0.4 is 10.6 Å². The lowest BCUT2D eigenvalue weighted by Gasteiger charge is -2.37. The molecule has 6 nitrogen and oxygen atoms in total. The molecule has 1 aliphatic heterocycles. The third-order valence-electron chi connectivity index (χ3n) is 3.44. The Balaban J connectivity index is 2.24. The Kier molecular flexibility index (Phi) is 4.01. The van der Waals surface area contributed by atoms with Crippen LogP contribution >= 0.6 is 0 Å². The van der Waals surface area contributed by atoms with Crippen molar-refractivity contribution < 1.29 is 14.6 Å². The summed E-state index contributed by atoms with van der Waals surface area (Å²) in [5.41, 5.74) is 7.60. The zero-order valence-electron chi connectivity index (χ0n) is 11.2. The molecule has 2 rings (SSSR count). The molecular weight excluding hydrogens is 246 g/mol. The van der Waals surface area contributed by atoms with Crippen molar-refractivity contribution in [1.29, 1.82) is 0 Å². The van der Waals surface area contributed by atoms with Gasteiger partial charge in [0.2, 0.25) is 0 Å². The summed E-state index contributed by atoms with van der Waals surface area (Å²) in [6.45, 7) is 3.25. The lowest BCUT2D eigenvalue weighted by molar-refractivity contribution is 0.0690. The molecule has 0 bridgehead atoms. The molecule has 1 aromatic heterocycles. The summed E-state index contributed by atoms with van der Waals surface area (Å²) in [6.07, 6.45) is 0.790. The summed E-state index contributed by atoms with van der Waals surface area (Å²) in [7, 11) is 1.65. The quantitative estimate of drug-likeness (QED) is 0.833. The molecule has 0 radical (unpaired) electrons. The van der Waals surface area contributed by atoms with Gasteiger partial charge < -0.3 is 20.5 Å². The van der Waals surface area contributed by atoms with E-state index >= 15 is 0 Å². The van der Waals surface area contributed by atoms with E-state index in [2.05, 4.69) is 9.88 Å². The molecule has 0 saturated carbocycles. The predicted octanol–water partition coefficient (Wildman–Crippen LogP) is 0.641. The second-order valence-electron chi connectivity index (χ2n) is 4.83. The molecule has 0 amide bonds. The van der Waals surface area contributed by atoms with E-state index in [4.69, 9.17) is 15.6 Å². The first-order chi connectivity index (χ1) is 9.01. The molecule has 1 aromatic rings. The van der Waals surface area contributed by atoms with Gasteiger partial charge in [-0.25, -0.2) is 9.78 Å². The number of carboxylic acid groups (broad SMARTS) is 1. The number of ether oxygens (including phenoxy) is 1. The van der Waals surface area contributed by atoms with Crippen LogP contribution in [0.4, 0.5) is 5.69 Å². The maximum Gasteiger partial charge on any atom is 0.354 e. The van der Waals surface area contributed by atoms with Crippen molar-refractivity contribution in [1.82, 2.24) is 4.98 Å². The van der Waals surface area contributed by atoms with Crippen LogP contribution in [0.2, 0.25) is 0 Å². The van der Waals surface area contributed by atoms with E-state index in [-0.39, 0.29) is 17.8 Å². The van der Waals surface area contributed by atoms with E-state index in [9.17, 15) is 4.79 Å². The lowest BCUT2D eigenvalue weighted by Crippen LogP contribution is -2.51. The smallest absolute Gasteiger partial charge is 0.354 e. The van der Waals surface area contributed by atoms with E-state index in [0.29, 0.717) is 12.2 Å². The van der Waals surface area contributed by atoms with Gasteiger partial charge in [-0.3, -0.25) is 0 Å². The average Bonchev–Trinajstić information content (AvgIpc) is 2.38. The zero-order valence-corrected chi connectivity index (χ0v) is 11.2. The normalized spacial score (nSPS) is 23.4. The summed E-state index contributed by atoms with van der Waals surface area (Å²) >= 11 is 0. The molecule has 2 unspecified atom stereocenters. The van der Waals surface area contributed by atoms with Crippen molar-refractivity contribution in [3.05, 3.63) is 23.5 Å². The third-order valence-corrected chi connectivity index (χ3v) is 3.44. The number of carboxylic acids is 1. The molecule has 1 fully saturated rings. The summed E-state index contributed by atoms with van der Waals surface area (Å²) in [6, 6.07) is 3.51. The average molecular weight is 265 g/mol. The van der Waals surface area contributed by atoms with Crippen LogP contribution in [-0.4, -0.2) is 48.4 Å². The van der Waals surface area contributed by atoms with E-state index < -0.39 is 5.97 Å². The van der Waals surface area contributed by atoms with Crippen LogP contribution in [0.3, 0.4) is 0 Å². The van der Waals surface area contributed by atoms with Gasteiger partial charge in [-0.2, -0.15) is 0 Å². The Morgan fingerprint density at radius 1 is 1.58 bits per heavy atom. The number of rotatable bonds is 3. The molecular formula is C13H19N3O3. The molecule has 104 valence electrons. The van der Waals surface area contributed by atoms with Crippen LogP contribution in [-0.2, 0) is 4.74 Å². The second-order valence-corrected chi connectivity index (χ2v) is 4.83. The second kappa shape index (κ2) is 5.54. The Morgan fingerprint density at radius 3 is 2.95 bits per heavy atom. The van der Waals surface area contributed by atoms with Crippen molar-refractivity contribution in [2.75, 3.05) is 25.1 Å². The summed E-state index contributed by atoms with van der Waals surface area (Å²) in [5.74, 6) is -1.01. The van der Waals surface area contributed by atoms with Gasteiger partial charge >= 0.3 is 5.97 Å². The molecule has 3 N–H and O–H groups in total. The number of hydrogen-bond acceptors (Lipinski definition) is 5. The van der Waals surface area contributed by atoms with Crippen LogP contribution in [0.25, 0.3) is 0 Å². The number of aromatic nitrogens is 1. The minimum atomic E-state index is -1.01. The summed E-state index contributed by atoms with van der Waals surface area (Å²) < 4.78 is 5.36. The van der Waals surface area contributed by atoms with Gasteiger partial charge in [0.1, 0.15) is 0 Å². The fraction of sp³-hybridized carbons (Fsp3) is 0.538. The number of pyridine rings is 1. The lowest BCUT2D eigenvalue weighted by atomic mass is 10.0. The van der Waals surface area contributed by atoms with E-state index in [1.807, 2.05) is 6.07 Å². The fourth-order valence-corrected chi connectivity index (χ4v) is 2.36. The van der Waals surface area contributed by atoms with Crippen LogP contribution in [0.1, 0.15) is 22.6 Å². The van der Waals surface area contributed by atoms with E-state index in [0.717, 1.165) is 18.7 Å². The summed E-state index contributed by atoms with van der Waals surface area (Å²) in [5, 5.41) is 9.05. The van der Waals surface area contributed by atoms with E-state index in [1.165, 1.54) is 0 Å². The minimum absolute atomic E-state index is 0.0307. The molecule has 0 aromatic carbocycles. The van der Waals surface area contributed by atoms with Crippen molar-refractivity contribution in [2.24, 2.45) is 5.73 Å².